The monoisotopic (exact) mass is 1110 g/mol. The van der Waals surface area contributed by atoms with Crippen molar-refractivity contribution in [2.45, 2.75) is 266 Å². The van der Waals surface area contributed by atoms with Crippen LogP contribution in [-0.4, -0.2) is 129 Å². The van der Waals surface area contributed by atoms with E-state index in [9.17, 15) is 48.7 Å². The van der Waals surface area contributed by atoms with Crippen LogP contribution in [0.1, 0.15) is 213 Å². The first-order valence-corrected chi connectivity index (χ1v) is 29.7. The second-order valence-corrected chi connectivity index (χ2v) is 28.4. The average molecular weight is 1110 g/mol. The number of alkyl carbamates (subject to hydrolysis) is 2. The molecule has 3 unspecified atom stereocenters. The lowest BCUT2D eigenvalue weighted by atomic mass is 9.78. The molecule has 7 amide bonds. The maximum atomic E-state index is 14.3. The number of nitrogens with one attached hydrogen (secondary N) is 4. The quantitative estimate of drug-likeness (QED) is 0.114. The molecule has 0 bridgehead atoms. The summed E-state index contributed by atoms with van der Waals surface area (Å²) in [6.07, 6.45) is 13.2. The molecule has 0 radical (unpaired) electrons. The van der Waals surface area contributed by atoms with Crippen molar-refractivity contribution in [1.29, 1.82) is 5.26 Å². The minimum absolute atomic E-state index is 0.0197. The van der Waals surface area contributed by atoms with Crippen LogP contribution in [0, 0.1) is 56.7 Å². The van der Waals surface area contributed by atoms with E-state index in [0.29, 0.717) is 32.4 Å². The SMILES string of the molecule is CC(C)(C)OC(=O)N[C@@H]1C(=O)N2CC3[C@@H]([C@H]2C(=O)N[C@H](C(=O)C(N)=O)CCCCCCCCCC1(C)C)C3(C)C.CC(C)(C)OC(=O)N[C@@H]1C(=O)N2CC3[C@@H]([C@H]2C(=O)N[C@H](C(O)C#N)CCCCCCCCCC1(C)C)C3(C)C. The van der Waals surface area contributed by atoms with Crippen molar-refractivity contribution >= 4 is 47.5 Å². The molecule has 7 N–H and O–H groups in total. The van der Waals surface area contributed by atoms with Gasteiger partial charge in [0.15, 0.2) is 6.10 Å². The topological polar surface area (TPSA) is 280 Å². The zero-order valence-electron chi connectivity index (χ0n) is 50.4. The number of aliphatic hydroxyl groups is 1. The van der Waals surface area contributed by atoms with Gasteiger partial charge in [0.2, 0.25) is 29.4 Å². The van der Waals surface area contributed by atoms with Gasteiger partial charge in [0.1, 0.15) is 35.4 Å². The first-order chi connectivity index (χ1) is 36.6. The summed E-state index contributed by atoms with van der Waals surface area (Å²) in [5.41, 5.74) is 2.46. The largest absolute Gasteiger partial charge is 0.444 e. The number of primary amides is 1. The van der Waals surface area contributed by atoms with Crippen LogP contribution in [0.25, 0.3) is 0 Å². The van der Waals surface area contributed by atoms with E-state index in [4.69, 9.17) is 15.2 Å². The smallest absolute Gasteiger partial charge is 0.408 e. The van der Waals surface area contributed by atoms with Crippen molar-refractivity contribution in [3.05, 3.63) is 0 Å². The molecule has 11 atom stereocenters. The molecule has 2 aliphatic carbocycles. The van der Waals surface area contributed by atoms with E-state index in [1.807, 2.05) is 33.8 Å². The van der Waals surface area contributed by atoms with Gasteiger partial charge in [-0.2, -0.15) is 5.26 Å². The summed E-state index contributed by atoms with van der Waals surface area (Å²) in [5.74, 6) is -3.12. The summed E-state index contributed by atoms with van der Waals surface area (Å²) < 4.78 is 11.0. The molecule has 4 saturated heterocycles. The van der Waals surface area contributed by atoms with Gasteiger partial charge in [-0.1, -0.05) is 145 Å². The summed E-state index contributed by atoms with van der Waals surface area (Å²) in [4.78, 5) is 110. The van der Waals surface area contributed by atoms with E-state index in [0.717, 1.165) is 96.3 Å². The third-order valence-corrected chi connectivity index (χ3v) is 18.3. The second-order valence-electron chi connectivity index (χ2n) is 28.4. The van der Waals surface area contributed by atoms with Gasteiger partial charge in [-0.15, -0.1) is 0 Å². The lowest BCUT2D eigenvalue weighted by molar-refractivity contribution is -0.145. The number of Topliss-reactive ketones (excluding diaryl/α,β-unsaturated/α-hetero) is 1. The Hall–Kier alpha value is -4.99. The van der Waals surface area contributed by atoms with Crippen LogP contribution in [0.2, 0.25) is 0 Å². The standard InChI is InChI=1S/C30H50N4O6.C30H50N4O5/c1-28(2,3)40-27(39)33-23-26(38)34-17-18-20(30(18,6)7)21(34)25(37)32-19(22(35)24(31)36)15-13-11-9-8-10-12-14-16-29(23,4)5;1-28(2,3)39-27(38)33-24-26(37)34-18-19-22(30(19,6)7)23(34)25(36)32-20(21(35)17-31)15-13-11-9-8-10-12-14-16-29(24,4)5/h18-21,23H,8-17H2,1-7H3,(H2,31,36)(H,32,37)(H,33,39);19-24,35H,8-16,18H2,1-7H3,(H,32,36)(H,33,38)/t18?,19-,20-,21-,23+;19?,20-,21?,22-,23-,24+/m00/s1. The van der Waals surface area contributed by atoms with Crippen molar-refractivity contribution in [2.75, 3.05) is 13.1 Å². The fourth-order valence-electron chi connectivity index (χ4n) is 13.3. The second kappa shape index (κ2) is 25.9. The normalized spacial score (nSPS) is 31.8. The zero-order valence-corrected chi connectivity index (χ0v) is 50.4. The molecule has 6 aliphatic rings. The van der Waals surface area contributed by atoms with E-state index in [1.54, 1.807) is 51.3 Å². The highest BCUT2D eigenvalue weighted by molar-refractivity contribution is 6.37. The molecule has 4 aliphatic heterocycles. The van der Waals surface area contributed by atoms with Crippen molar-refractivity contribution in [1.82, 2.24) is 31.1 Å². The Labute approximate surface area is 471 Å². The molecule has 6 fully saturated rings. The molecule has 4 heterocycles. The van der Waals surface area contributed by atoms with Crippen molar-refractivity contribution in [2.24, 2.45) is 51.1 Å². The molecule has 2 saturated carbocycles. The highest BCUT2D eigenvalue weighted by atomic mass is 16.6. The van der Waals surface area contributed by atoms with Gasteiger partial charge < -0.3 is 51.4 Å². The lowest BCUT2D eigenvalue weighted by Crippen LogP contribution is -2.61. The number of rotatable bonds is 5. The van der Waals surface area contributed by atoms with Gasteiger partial charge in [0.25, 0.3) is 5.91 Å². The molecule has 0 aromatic heterocycles. The van der Waals surface area contributed by atoms with Crippen LogP contribution < -0.4 is 27.0 Å². The molecule has 0 spiro atoms. The number of hydrogen-bond acceptors (Lipinski definition) is 12. The number of ketones is 1. The number of piperidine rings is 2. The van der Waals surface area contributed by atoms with Gasteiger partial charge in [0, 0.05) is 13.1 Å². The van der Waals surface area contributed by atoms with E-state index in [-0.39, 0.29) is 52.2 Å². The highest BCUT2D eigenvalue weighted by Gasteiger charge is 2.71. The fourth-order valence-corrected chi connectivity index (χ4v) is 13.3. The molecule has 6 rings (SSSR count). The first-order valence-electron chi connectivity index (χ1n) is 29.7. The van der Waals surface area contributed by atoms with Crippen molar-refractivity contribution < 1.29 is 52.9 Å². The average Bonchev–Trinajstić information content (AvgIpc) is 3.48. The zero-order chi connectivity index (χ0) is 59.2. The van der Waals surface area contributed by atoms with Crippen LogP contribution >= 0.6 is 0 Å². The van der Waals surface area contributed by atoms with Crippen LogP contribution in [0.15, 0.2) is 0 Å². The summed E-state index contributed by atoms with van der Waals surface area (Å²) in [5, 5.41) is 31.2. The van der Waals surface area contributed by atoms with Gasteiger partial charge in [-0.25, -0.2) is 9.59 Å². The molecule has 79 heavy (non-hydrogen) atoms. The minimum atomic E-state index is -1.31. The van der Waals surface area contributed by atoms with Crippen molar-refractivity contribution in [3.8, 4) is 6.07 Å². The Bertz CT molecular complexity index is 2260. The van der Waals surface area contributed by atoms with Crippen LogP contribution in [-0.2, 0) is 38.2 Å². The van der Waals surface area contributed by atoms with Crippen LogP contribution in [0.4, 0.5) is 9.59 Å². The van der Waals surface area contributed by atoms with Gasteiger partial charge in [0.05, 0.1) is 18.2 Å². The van der Waals surface area contributed by atoms with Gasteiger partial charge >= 0.3 is 12.2 Å². The molecule has 0 aromatic carbocycles. The molecule has 446 valence electrons. The Morgan fingerprint density at radius 2 is 0.962 bits per heavy atom. The maximum Gasteiger partial charge on any atom is 0.408 e. The molecule has 19 heteroatoms. The molecule has 0 aromatic rings. The predicted molar refractivity (Wildman–Crippen MR) is 299 cm³/mol. The number of fused-ring (bicyclic) bond motifs is 6. The summed E-state index contributed by atoms with van der Waals surface area (Å²) in [7, 11) is 0. The lowest BCUT2D eigenvalue weighted by Gasteiger charge is -2.39. The van der Waals surface area contributed by atoms with E-state index < -0.39 is 94.2 Å². The third kappa shape index (κ3) is 16.6. The molecule has 19 nitrogen and oxygen atoms in total. The number of carbonyl (C=O) groups is 8. The number of nitrogens with two attached hydrogens (primary N) is 1. The van der Waals surface area contributed by atoms with Gasteiger partial charge in [-0.3, -0.25) is 28.8 Å². The summed E-state index contributed by atoms with van der Waals surface area (Å²) >= 11 is 0. The Balaban J connectivity index is 0.000000291. The molecular formula is C60H100N8O11. The maximum absolute atomic E-state index is 14.3. The van der Waals surface area contributed by atoms with E-state index in [1.165, 1.54) is 0 Å². The molecular weight excluding hydrogens is 1010 g/mol. The number of nitrogens with zero attached hydrogens (tertiary/aromatic N) is 3. The van der Waals surface area contributed by atoms with E-state index in [2.05, 4.69) is 49.0 Å². The summed E-state index contributed by atoms with van der Waals surface area (Å²) in [6.45, 7) is 27.8. The third-order valence-electron chi connectivity index (χ3n) is 18.3. The van der Waals surface area contributed by atoms with Crippen LogP contribution in [0.5, 0.6) is 0 Å². The van der Waals surface area contributed by atoms with E-state index >= 15 is 0 Å². The number of hydrogen-bond donors (Lipinski definition) is 6. The number of carbonyl (C=O) groups excluding carboxylic acids is 8. The summed E-state index contributed by atoms with van der Waals surface area (Å²) in [6, 6.07) is -3.14. The van der Waals surface area contributed by atoms with Gasteiger partial charge in [-0.05, 0) is 113 Å². The number of nitriles is 1. The number of ether oxygens (including phenoxy) is 2. The Morgan fingerprint density at radius 1 is 0.608 bits per heavy atom. The highest BCUT2D eigenvalue weighted by Crippen LogP contribution is 2.66. The van der Waals surface area contributed by atoms with Crippen molar-refractivity contribution in [3.63, 3.8) is 0 Å². The Kier molecular flexibility index (Phi) is 21.2. The predicted octanol–water partition coefficient (Wildman–Crippen LogP) is 7.74. The Morgan fingerprint density at radius 3 is 1.33 bits per heavy atom. The fraction of sp³-hybridized carbons (Fsp3) is 0.850. The van der Waals surface area contributed by atoms with Crippen LogP contribution in [0.3, 0.4) is 0 Å². The minimum Gasteiger partial charge on any atom is -0.444 e. The number of amides is 7. The first kappa shape index (κ1) is 64.8. The number of aliphatic hydroxyl groups excluding tert-OH is 1.